The molecule has 2 aromatic rings. The molecule has 0 aliphatic carbocycles. The zero-order valence-corrected chi connectivity index (χ0v) is 11.9. The van der Waals surface area contributed by atoms with Crippen LogP contribution in [0.15, 0.2) is 48.5 Å². The van der Waals surface area contributed by atoms with Gasteiger partial charge in [-0.15, -0.1) is 0 Å². The number of ketones is 1. The van der Waals surface area contributed by atoms with Gasteiger partial charge in [0.05, 0.1) is 10.5 Å². The molecule has 2 aromatic carbocycles. The van der Waals surface area contributed by atoms with Crippen molar-refractivity contribution in [3.8, 4) is 0 Å². The van der Waals surface area contributed by atoms with Gasteiger partial charge in [-0.3, -0.25) is 14.9 Å². The highest BCUT2D eigenvalue weighted by atomic mass is 35.5. The van der Waals surface area contributed by atoms with Crippen LogP contribution in [-0.4, -0.2) is 23.3 Å². The summed E-state index contributed by atoms with van der Waals surface area (Å²) in [7, 11) is 0. The van der Waals surface area contributed by atoms with Gasteiger partial charge >= 0.3 is 5.97 Å². The van der Waals surface area contributed by atoms with Crippen LogP contribution < -0.4 is 0 Å². The van der Waals surface area contributed by atoms with Gasteiger partial charge in [-0.1, -0.05) is 17.7 Å². The molecule has 0 atom stereocenters. The number of Topliss-reactive ketones (excluding diaryl/α,β-unsaturated/α-hetero) is 1. The summed E-state index contributed by atoms with van der Waals surface area (Å²) in [5.74, 6) is -1.12. The lowest BCUT2D eigenvalue weighted by Crippen LogP contribution is -2.14. The molecule has 22 heavy (non-hydrogen) atoms. The van der Waals surface area contributed by atoms with Gasteiger partial charge < -0.3 is 4.74 Å². The van der Waals surface area contributed by atoms with Gasteiger partial charge in [-0.05, 0) is 30.3 Å². The largest absolute Gasteiger partial charge is 0.454 e. The Morgan fingerprint density at radius 2 is 1.77 bits per heavy atom. The fraction of sp³-hybridized carbons (Fsp3) is 0.0667. The number of nitro groups is 1. The molecule has 0 spiro atoms. The van der Waals surface area contributed by atoms with E-state index in [1.807, 2.05) is 0 Å². The van der Waals surface area contributed by atoms with Gasteiger partial charge in [0.15, 0.2) is 12.4 Å². The Kier molecular flexibility index (Phi) is 4.85. The van der Waals surface area contributed by atoms with Crippen LogP contribution in [-0.2, 0) is 4.74 Å². The predicted molar refractivity (Wildman–Crippen MR) is 79.2 cm³/mol. The van der Waals surface area contributed by atoms with Gasteiger partial charge in [0, 0.05) is 22.7 Å². The number of esters is 1. The number of hydrogen-bond donors (Lipinski definition) is 0. The molecule has 0 radical (unpaired) electrons. The van der Waals surface area contributed by atoms with E-state index >= 15 is 0 Å². The Morgan fingerprint density at radius 3 is 2.36 bits per heavy atom. The molecule has 0 aromatic heterocycles. The Hall–Kier alpha value is -2.73. The second-order valence-electron chi connectivity index (χ2n) is 4.31. The number of halogens is 1. The zero-order chi connectivity index (χ0) is 16.1. The normalized spacial score (nSPS) is 10.0. The standard InChI is InChI=1S/C15H10ClNO5/c16-12-3-1-2-11(8-12)15(19)22-9-14(18)10-4-6-13(7-5-10)17(20)21/h1-8H,9H2. The van der Waals surface area contributed by atoms with Crippen LogP contribution in [0.1, 0.15) is 20.7 Å². The summed E-state index contributed by atoms with van der Waals surface area (Å²) >= 11 is 5.76. The molecule has 0 aliphatic heterocycles. The van der Waals surface area contributed by atoms with Crippen molar-refractivity contribution < 1.29 is 19.2 Å². The average Bonchev–Trinajstić information content (AvgIpc) is 2.52. The maximum atomic E-state index is 11.9. The fourth-order valence-corrected chi connectivity index (χ4v) is 1.87. The summed E-state index contributed by atoms with van der Waals surface area (Å²) in [6, 6.07) is 11.2. The molecule has 7 heteroatoms. The Labute approximate surface area is 130 Å². The third-order valence-electron chi connectivity index (χ3n) is 2.79. The molecule has 6 nitrogen and oxygen atoms in total. The Balaban J connectivity index is 1.97. The molecule has 0 aliphatic rings. The number of rotatable bonds is 5. The van der Waals surface area contributed by atoms with Crippen LogP contribution in [0.3, 0.4) is 0 Å². The highest BCUT2D eigenvalue weighted by molar-refractivity contribution is 6.30. The van der Waals surface area contributed by atoms with Crippen molar-refractivity contribution in [3.63, 3.8) is 0 Å². The van der Waals surface area contributed by atoms with Crippen LogP contribution in [0.4, 0.5) is 5.69 Å². The first-order valence-electron chi connectivity index (χ1n) is 6.18. The van der Waals surface area contributed by atoms with E-state index in [-0.39, 0.29) is 16.8 Å². The van der Waals surface area contributed by atoms with E-state index < -0.39 is 23.3 Å². The van der Waals surface area contributed by atoms with Crippen molar-refractivity contribution in [2.45, 2.75) is 0 Å². The number of carbonyl (C=O) groups excluding carboxylic acids is 2. The van der Waals surface area contributed by atoms with E-state index in [1.54, 1.807) is 12.1 Å². The van der Waals surface area contributed by atoms with Crippen LogP contribution in [0.2, 0.25) is 5.02 Å². The van der Waals surface area contributed by atoms with Crippen molar-refractivity contribution in [2.24, 2.45) is 0 Å². The first kappa shape index (κ1) is 15.7. The lowest BCUT2D eigenvalue weighted by molar-refractivity contribution is -0.384. The Bertz CT molecular complexity index is 727. The molecule has 0 saturated heterocycles. The van der Waals surface area contributed by atoms with E-state index in [4.69, 9.17) is 16.3 Å². The first-order valence-corrected chi connectivity index (χ1v) is 6.55. The van der Waals surface area contributed by atoms with Gasteiger partial charge in [-0.2, -0.15) is 0 Å². The molecule has 2 rings (SSSR count). The SMILES string of the molecule is O=C(COC(=O)c1cccc(Cl)c1)c1ccc([N+](=O)[O-])cc1. The number of benzene rings is 2. The summed E-state index contributed by atoms with van der Waals surface area (Å²) < 4.78 is 4.90. The van der Waals surface area contributed by atoms with Crippen LogP contribution in [0.5, 0.6) is 0 Å². The first-order chi connectivity index (χ1) is 10.5. The summed E-state index contributed by atoms with van der Waals surface area (Å²) in [5, 5.41) is 10.9. The maximum absolute atomic E-state index is 11.9. The molecule has 0 amide bonds. The third kappa shape index (κ3) is 3.89. The smallest absolute Gasteiger partial charge is 0.338 e. The summed E-state index contributed by atoms with van der Waals surface area (Å²) in [5.41, 5.74) is 0.348. The van der Waals surface area contributed by atoms with Crippen molar-refractivity contribution in [1.29, 1.82) is 0 Å². The molecule has 0 heterocycles. The lowest BCUT2D eigenvalue weighted by atomic mass is 10.1. The van der Waals surface area contributed by atoms with Crippen molar-refractivity contribution >= 4 is 29.0 Å². The number of carbonyl (C=O) groups is 2. The third-order valence-corrected chi connectivity index (χ3v) is 3.03. The summed E-state index contributed by atoms with van der Waals surface area (Å²) in [6.07, 6.45) is 0. The number of nitrogens with zero attached hydrogens (tertiary/aromatic N) is 1. The number of hydrogen-bond acceptors (Lipinski definition) is 5. The zero-order valence-electron chi connectivity index (χ0n) is 11.2. The maximum Gasteiger partial charge on any atom is 0.338 e. The van der Waals surface area contributed by atoms with Gasteiger partial charge in [0.2, 0.25) is 0 Å². The van der Waals surface area contributed by atoms with E-state index in [2.05, 4.69) is 0 Å². The topological polar surface area (TPSA) is 86.5 Å². The Morgan fingerprint density at radius 1 is 1.09 bits per heavy atom. The minimum Gasteiger partial charge on any atom is -0.454 e. The monoisotopic (exact) mass is 319 g/mol. The second-order valence-corrected chi connectivity index (χ2v) is 4.75. The van der Waals surface area contributed by atoms with Gasteiger partial charge in [-0.25, -0.2) is 4.79 Å². The molecular weight excluding hydrogens is 310 g/mol. The van der Waals surface area contributed by atoms with Gasteiger partial charge in [0.25, 0.3) is 5.69 Å². The van der Waals surface area contributed by atoms with Crippen LogP contribution >= 0.6 is 11.6 Å². The molecular formula is C15H10ClNO5. The van der Waals surface area contributed by atoms with Crippen LogP contribution in [0.25, 0.3) is 0 Å². The number of nitro benzene ring substituents is 1. The molecule has 0 fully saturated rings. The minimum absolute atomic E-state index is 0.118. The van der Waals surface area contributed by atoms with Crippen LogP contribution in [0, 0.1) is 10.1 Å². The highest BCUT2D eigenvalue weighted by Gasteiger charge is 2.13. The summed E-state index contributed by atoms with van der Waals surface area (Å²) in [4.78, 5) is 33.6. The van der Waals surface area contributed by atoms with Gasteiger partial charge in [0.1, 0.15) is 0 Å². The fourth-order valence-electron chi connectivity index (χ4n) is 1.68. The lowest BCUT2D eigenvalue weighted by Gasteiger charge is -2.04. The van der Waals surface area contributed by atoms with E-state index in [9.17, 15) is 19.7 Å². The predicted octanol–water partition coefficient (Wildman–Crippen LogP) is 3.29. The quantitative estimate of drug-likeness (QED) is 0.365. The molecule has 0 saturated carbocycles. The van der Waals surface area contributed by atoms with E-state index in [0.717, 1.165) is 0 Å². The van der Waals surface area contributed by atoms with E-state index in [1.165, 1.54) is 36.4 Å². The molecule has 0 unspecified atom stereocenters. The number of non-ortho nitro benzene ring substituents is 1. The second kappa shape index (κ2) is 6.82. The average molecular weight is 320 g/mol. The number of ether oxygens (including phenoxy) is 1. The van der Waals surface area contributed by atoms with Crippen molar-refractivity contribution in [3.05, 3.63) is 74.8 Å². The summed E-state index contributed by atoms with van der Waals surface area (Å²) in [6.45, 7) is -0.455. The molecule has 112 valence electrons. The van der Waals surface area contributed by atoms with Crippen molar-refractivity contribution in [1.82, 2.24) is 0 Å². The molecule has 0 N–H and O–H groups in total. The van der Waals surface area contributed by atoms with Crippen molar-refractivity contribution in [2.75, 3.05) is 6.61 Å². The van der Waals surface area contributed by atoms with E-state index in [0.29, 0.717) is 5.02 Å². The minimum atomic E-state index is -0.669. The highest BCUT2D eigenvalue weighted by Crippen LogP contribution is 2.14. The molecule has 0 bridgehead atoms.